The Labute approximate surface area is 226 Å². The molecule has 0 fully saturated rings. The summed E-state index contributed by atoms with van der Waals surface area (Å²) in [6.45, 7) is 35.5. The van der Waals surface area contributed by atoms with E-state index in [0.29, 0.717) is 6.08 Å². The highest BCUT2D eigenvalue weighted by Crippen LogP contribution is 2.34. The van der Waals surface area contributed by atoms with Gasteiger partial charge in [0.1, 0.15) is 29.1 Å². The smallest absolute Gasteiger partial charge is 0.428 e. The van der Waals surface area contributed by atoms with Crippen molar-refractivity contribution in [2.45, 2.75) is 13.0 Å². The Morgan fingerprint density at radius 3 is 1.46 bits per heavy atom. The molecule has 0 amide bonds. The number of alkyl halides is 2. The summed E-state index contributed by atoms with van der Waals surface area (Å²) >= 11 is 0. The van der Waals surface area contributed by atoms with E-state index < -0.39 is 40.7 Å². The van der Waals surface area contributed by atoms with Crippen LogP contribution in [-0.4, -0.2) is 6.11 Å². The SMILES string of the molecule is C=C(F)/C=C\C(=C)C(=C)/C(F)=C\C(=C)C(=C)/C=C\C(=C)C(=C)/C(F)=C\C(=C)OC(F)(F)C(=C)/C(F)=C\C(=C)C. The molecule has 0 aliphatic carbocycles. The van der Waals surface area contributed by atoms with Gasteiger partial charge in [-0.15, -0.1) is 0 Å². The molecule has 0 bridgehead atoms. The van der Waals surface area contributed by atoms with Crippen LogP contribution in [0.3, 0.4) is 0 Å². The van der Waals surface area contributed by atoms with E-state index in [0.717, 1.165) is 18.2 Å². The van der Waals surface area contributed by atoms with Crippen molar-refractivity contribution in [3.63, 3.8) is 0 Å². The van der Waals surface area contributed by atoms with Crippen molar-refractivity contribution >= 4 is 0 Å². The predicted molar refractivity (Wildman–Crippen MR) is 150 cm³/mol. The zero-order valence-corrected chi connectivity index (χ0v) is 21.8. The number of hydrogen-bond acceptors (Lipinski definition) is 1. The van der Waals surface area contributed by atoms with Crippen LogP contribution in [0.1, 0.15) is 6.92 Å². The fourth-order valence-electron chi connectivity index (χ4n) is 2.27. The quantitative estimate of drug-likeness (QED) is 0.107. The van der Waals surface area contributed by atoms with Gasteiger partial charge in [-0.3, -0.25) is 0 Å². The summed E-state index contributed by atoms with van der Waals surface area (Å²) in [6, 6.07) is 0. The molecule has 0 unspecified atom stereocenters. The average molecular weight is 545 g/mol. The summed E-state index contributed by atoms with van der Waals surface area (Å²) in [5, 5.41) is 0. The third-order valence-corrected chi connectivity index (χ3v) is 4.58. The van der Waals surface area contributed by atoms with Gasteiger partial charge in [0.15, 0.2) is 0 Å². The van der Waals surface area contributed by atoms with E-state index in [1.165, 1.54) is 25.2 Å². The molecule has 0 heterocycles. The highest BCUT2D eigenvalue weighted by atomic mass is 19.3. The molecule has 0 aromatic heterocycles. The minimum Gasteiger partial charge on any atom is -0.429 e. The normalized spacial score (nSPS) is 12.7. The molecule has 0 aliphatic rings. The molecule has 0 rings (SSSR count). The molecule has 0 spiro atoms. The molecular weight excluding hydrogens is 514 g/mol. The number of ether oxygens (including phenoxy) is 1. The molecule has 0 aliphatic heterocycles. The van der Waals surface area contributed by atoms with Crippen molar-refractivity contribution in [2.24, 2.45) is 0 Å². The molecule has 0 atom stereocenters. The third-order valence-electron chi connectivity index (χ3n) is 4.58. The lowest BCUT2D eigenvalue weighted by Crippen LogP contribution is -2.23. The topological polar surface area (TPSA) is 9.23 Å². The fraction of sp³-hybridized carbons (Fsp3) is 0.0625. The Morgan fingerprint density at radius 2 is 1.00 bits per heavy atom. The van der Waals surface area contributed by atoms with Crippen LogP contribution < -0.4 is 0 Å². The minimum absolute atomic E-state index is 0.00376. The maximum Gasteiger partial charge on any atom is 0.428 e. The van der Waals surface area contributed by atoms with Crippen molar-refractivity contribution < 1.29 is 31.1 Å². The molecule has 0 N–H and O–H groups in total. The van der Waals surface area contributed by atoms with Gasteiger partial charge in [0.05, 0.1) is 5.57 Å². The summed E-state index contributed by atoms with van der Waals surface area (Å²) in [7, 11) is 0. The van der Waals surface area contributed by atoms with Crippen molar-refractivity contribution in [1.82, 2.24) is 0 Å². The predicted octanol–water partition coefficient (Wildman–Crippen LogP) is 10.7. The Hall–Kier alpha value is -4.52. The highest BCUT2D eigenvalue weighted by Gasteiger charge is 2.38. The summed E-state index contributed by atoms with van der Waals surface area (Å²) in [4.78, 5) is 0. The molecule has 1 nitrogen and oxygen atoms in total. The zero-order chi connectivity index (χ0) is 30.7. The van der Waals surface area contributed by atoms with E-state index in [2.05, 4.69) is 70.5 Å². The fourth-order valence-corrected chi connectivity index (χ4v) is 2.27. The molecule has 0 saturated carbocycles. The van der Waals surface area contributed by atoms with Gasteiger partial charge in [-0.2, -0.15) is 8.78 Å². The second-order valence-electron chi connectivity index (χ2n) is 8.06. The largest absolute Gasteiger partial charge is 0.429 e. The van der Waals surface area contributed by atoms with Gasteiger partial charge in [-0.05, 0) is 47.4 Å². The second kappa shape index (κ2) is 15.0. The Balaban J connectivity index is 5.37. The Morgan fingerprint density at radius 1 is 0.564 bits per heavy atom. The lowest BCUT2D eigenvalue weighted by molar-refractivity contribution is -0.177. The van der Waals surface area contributed by atoms with E-state index >= 15 is 0 Å². The molecule has 39 heavy (non-hydrogen) atoms. The molecule has 7 heteroatoms. The van der Waals surface area contributed by atoms with Gasteiger partial charge in [0, 0.05) is 17.2 Å². The van der Waals surface area contributed by atoms with Gasteiger partial charge in [0.2, 0.25) is 0 Å². The Bertz CT molecular complexity index is 1310. The van der Waals surface area contributed by atoms with Crippen LogP contribution in [0, 0.1) is 0 Å². The standard InChI is InChI=1S/C32H30F6O/c1-19(2)16-31(36)28(11)32(37,38)39-25(8)18-30(35)27(10)21(4)13-12-20(3)23(6)17-29(34)26(9)22(5)14-15-24(7)33/h12-18H,1,3-11H2,2H3/b13-12-,15-14-,29-17+,30-18+,31-16+. The lowest BCUT2D eigenvalue weighted by Gasteiger charge is -2.19. The first-order valence-corrected chi connectivity index (χ1v) is 10.9. The number of allylic oxidation sites excluding steroid dienone is 17. The first-order valence-electron chi connectivity index (χ1n) is 10.9. The monoisotopic (exact) mass is 544 g/mol. The summed E-state index contributed by atoms with van der Waals surface area (Å²) in [5.74, 6) is -4.88. The zero-order valence-electron chi connectivity index (χ0n) is 21.8. The van der Waals surface area contributed by atoms with Gasteiger partial charge < -0.3 is 4.74 Å². The van der Waals surface area contributed by atoms with E-state index in [4.69, 9.17) is 0 Å². The number of halogens is 6. The lowest BCUT2D eigenvalue weighted by atomic mass is 10.0. The van der Waals surface area contributed by atoms with E-state index in [-0.39, 0.29) is 39.0 Å². The van der Waals surface area contributed by atoms with E-state index in [9.17, 15) is 26.3 Å². The van der Waals surface area contributed by atoms with Gasteiger partial charge in [-0.1, -0.05) is 89.6 Å². The molecule has 0 saturated heterocycles. The van der Waals surface area contributed by atoms with Crippen molar-refractivity contribution in [1.29, 1.82) is 0 Å². The summed E-state index contributed by atoms with van der Waals surface area (Å²) in [6.07, 6.45) is 2.84. The maximum atomic E-state index is 14.5. The third kappa shape index (κ3) is 12.0. The van der Waals surface area contributed by atoms with Crippen LogP contribution in [0.5, 0.6) is 0 Å². The van der Waals surface area contributed by atoms with Crippen molar-refractivity contribution in [3.8, 4) is 0 Å². The van der Waals surface area contributed by atoms with Crippen LogP contribution in [0.2, 0.25) is 0 Å². The van der Waals surface area contributed by atoms with Gasteiger partial charge >= 0.3 is 6.11 Å². The summed E-state index contributed by atoms with van der Waals surface area (Å²) in [5.41, 5.74) is -1.17. The minimum atomic E-state index is -4.22. The average Bonchev–Trinajstić information content (AvgIpc) is 2.82. The molecule has 0 radical (unpaired) electrons. The first-order chi connectivity index (χ1) is 17.8. The van der Waals surface area contributed by atoms with Gasteiger partial charge in [-0.25, -0.2) is 17.6 Å². The molecule has 0 aromatic carbocycles. The van der Waals surface area contributed by atoms with E-state index in [1.807, 2.05) is 0 Å². The van der Waals surface area contributed by atoms with Crippen LogP contribution in [-0.2, 0) is 4.74 Å². The molecule has 0 aromatic rings. The molecular formula is C32H30F6O. The van der Waals surface area contributed by atoms with Crippen LogP contribution >= 0.6 is 0 Å². The summed E-state index contributed by atoms with van der Waals surface area (Å²) < 4.78 is 88.1. The van der Waals surface area contributed by atoms with Crippen LogP contribution in [0.4, 0.5) is 26.3 Å². The van der Waals surface area contributed by atoms with Crippen LogP contribution in [0.15, 0.2) is 182 Å². The van der Waals surface area contributed by atoms with Crippen molar-refractivity contribution in [2.75, 3.05) is 0 Å². The van der Waals surface area contributed by atoms with Crippen LogP contribution in [0.25, 0.3) is 0 Å². The van der Waals surface area contributed by atoms with Gasteiger partial charge in [0.25, 0.3) is 0 Å². The van der Waals surface area contributed by atoms with E-state index in [1.54, 1.807) is 0 Å². The first kappa shape index (κ1) is 34.5. The second-order valence-corrected chi connectivity index (χ2v) is 8.06. The Kier molecular flexibility index (Phi) is 13.3. The molecule has 206 valence electrons. The van der Waals surface area contributed by atoms with Crippen molar-refractivity contribution in [3.05, 3.63) is 182 Å². The number of rotatable bonds is 16. The number of hydrogen-bond donors (Lipinski definition) is 0. The highest BCUT2D eigenvalue weighted by molar-refractivity contribution is 5.54. The maximum absolute atomic E-state index is 14.5.